The maximum Gasteiger partial charge on any atom is 0.407 e. The SMILES string of the molecule is CCCCCCCCCCCCNC(=O)OCC(CC)(CC)COC(=O)NCCCCCCCCCCCC. The Bertz CT molecular complexity index is 508. The predicted octanol–water partition coefficient (Wildman–Crippen LogP) is 10.1. The van der Waals surface area contributed by atoms with E-state index in [4.69, 9.17) is 9.47 Å². The Kier molecular flexibility index (Phi) is 27.0. The molecule has 0 saturated heterocycles. The fraction of sp³-hybridized carbons (Fsp3) is 0.939. The van der Waals surface area contributed by atoms with Crippen LogP contribution in [0.5, 0.6) is 0 Å². The van der Waals surface area contributed by atoms with Crippen molar-refractivity contribution in [3.63, 3.8) is 0 Å². The smallest absolute Gasteiger partial charge is 0.407 e. The number of carbonyl (C=O) groups is 2. The molecular formula is C33H66N2O4. The van der Waals surface area contributed by atoms with Crippen LogP contribution in [-0.4, -0.2) is 38.5 Å². The Morgan fingerprint density at radius 1 is 0.462 bits per heavy atom. The number of alkyl carbamates (subject to hydrolysis) is 2. The molecule has 2 amide bonds. The van der Waals surface area contributed by atoms with Crippen LogP contribution in [0.3, 0.4) is 0 Å². The summed E-state index contributed by atoms with van der Waals surface area (Å²) in [5.41, 5.74) is -0.344. The summed E-state index contributed by atoms with van der Waals surface area (Å²) >= 11 is 0. The molecule has 39 heavy (non-hydrogen) atoms. The second-order valence-electron chi connectivity index (χ2n) is 11.6. The summed E-state index contributed by atoms with van der Waals surface area (Å²) in [6, 6.07) is 0. The molecular weight excluding hydrogens is 488 g/mol. The summed E-state index contributed by atoms with van der Waals surface area (Å²) in [6.07, 6.45) is 26.3. The van der Waals surface area contributed by atoms with Gasteiger partial charge in [0.2, 0.25) is 0 Å². The first-order valence-corrected chi connectivity index (χ1v) is 16.8. The van der Waals surface area contributed by atoms with Gasteiger partial charge in [0.15, 0.2) is 0 Å². The molecule has 0 saturated carbocycles. The molecule has 0 atom stereocenters. The number of rotatable bonds is 28. The van der Waals surface area contributed by atoms with Crippen LogP contribution in [0.4, 0.5) is 9.59 Å². The molecule has 0 aromatic heterocycles. The number of nitrogens with one attached hydrogen (secondary N) is 2. The van der Waals surface area contributed by atoms with Crippen molar-refractivity contribution in [2.45, 2.75) is 169 Å². The maximum atomic E-state index is 12.2. The van der Waals surface area contributed by atoms with Crippen LogP contribution in [-0.2, 0) is 9.47 Å². The molecule has 232 valence electrons. The van der Waals surface area contributed by atoms with Crippen molar-refractivity contribution in [2.24, 2.45) is 5.41 Å². The minimum Gasteiger partial charge on any atom is -0.449 e. The molecule has 0 aromatic rings. The van der Waals surface area contributed by atoms with Crippen molar-refractivity contribution >= 4 is 12.2 Å². The summed E-state index contributed by atoms with van der Waals surface area (Å²) in [7, 11) is 0. The van der Waals surface area contributed by atoms with E-state index in [9.17, 15) is 9.59 Å². The normalized spacial score (nSPS) is 11.4. The summed E-state index contributed by atoms with van der Waals surface area (Å²) in [4.78, 5) is 24.4. The number of amides is 2. The molecule has 0 aliphatic rings. The maximum absolute atomic E-state index is 12.2. The summed E-state index contributed by atoms with van der Waals surface area (Å²) in [5.74, 6) is 0. The van der Waals surface area contributed by atoms with E-state index in [-0.39, 0.29) is 30.8 Å². The topological polar surface area (TPSA) is 76.7 Å². The number of unbranched alkanes of at least 4 members (excludes halogenated alkanes) is 18. The Morgan fingerprint density at radius 2 is 0.744 bits per heavy atom. The molecule has 2 N–H and O–H groups in total. The van der Waals surface area contributed by atoms with E-state index < -0.39 is 0 Å². The van der Waals surface area contributed by atoms with E-state index in [2.05, 4.69) is 38.3 Å². The highest BCUT2D eigenvalue weighted by atomic mass is 16.6. The monoisotopic (exact) mass is 555 g/mol. The molecule has 0 unspecified atom stereocenters. The summed E-state index contributed by atoms with van der Waals surface area (Å²) < 4.78 is 11.0. The molecule has 0 fully saturated rings. The molecule has 0 aliphatic carbocycles. The van der Waals surface area contributed by atoms with Crippen molar-refractivity contribution in [1.29, 1.82) is 0 Å². The standard InChI is InChI=1S/C33H66N2O4/c1-5-9-11-13-15-17-19-21-23-25-27-34-31(36)38-29-33(7-3,8-4)30-39-32(37)35-28-26-24-22-20-18-16-14-12-10-6-2/h5-30H2,1-4H3,(H,34,36)(H,35,37). The van der Waals surface area contributed by atoms with Crippen LogP contribution in [0, 0.1) is 5.41 Å². The Hall–Kier alpha value is -1.46. The number of carbonyl (C=O) groups excluding carboxylic acids is 2. The van der Waals surface area contributed by atoms with E-state index in [1.165, 1.54) is 103 Å². The average molecular weight is 555 g/mol. The lowest BCUT2D eigenvalue weighted by Crippen LogP contribution is -2.37. The van der Waals surface area contributed by atoms with Gasteiger partial charge < -0.3 is 20.1 Å². The van der Waals surface area contributed by atoms with Gasteiger partial charge in [0.25, 0.3) is 0 Å². The van der Waals surface area contributed by atoms with E-state index >= 15 is 0 Å². The van der Waals surface area contributed by atoms with E-state index in [0.717, 1.165) is 38.5 Å². The molecule has 0 rings (SSSR count). The van der Waals surface area contributed by atoms with Gasteiger partial charge in [0.1, 0.15) is 13.2 Å². The van der Waals surface area contributed by atoms with Crippen molar-refractivity contribution in [3.05, 3.63) is 0 Å². The highest BCUT2D eigenvalue weighted by Crippen LogP contribution is 2.27. The molecule has 6 nitrogen and oxygen atoms in total. The first-order valence-electron chi connectivity index (χ1n) is 16.8. The third-order valence-electron chi connectivity index (χ3n) is 8.12. The molecule has 0 heterocycles. The fourth-order valence-electron chi connectivity index (χ4n) is 4.85. The second kappa shape index (κ2) is 28.1. The van der Waals surface area contributed by atoms with Crippen molar-refractivity contribution < 1.29 is 19.1 Å². The third kappa shape index (κ3) is 24.1. The van der Waals surface area contributed by atoms with Crippen molar-refractivity contribution in [1.82, 2.24) is 10.6 Å². The van der Waals surface area contributed by atoms with Gasteiger partial charge in [0, 0.05) is 18.5 Å². The van der Waals surface area contributed by atoms with Gasteiger partial charge in [-0.25, -0.2) is 9.59 Å². The molecule has 0 spiro atoms. The Labute approximate surface area is 242 Å². The summed E-state index contributed by atoms with van der Waals surface area (Å²) in [6.45, 7) is 10.4. The van der Waals surface area contributed by atoms with Crippen LogP contribution in [0.25, 0.3) is 0 Å². The van der Waals surface area contributed by atoms with Crippen molar-refractivity contribution in [2.75, 3.05) is 26.3 Å². The zero-order valence-electron chi connectivity index (χ0n) is 26.5. The zero-order chi connectivity index (χ0) is 28.9. The highest BCUT2D eigenvalue weighted by molar-refractivity contribution is 5.67. The third-order valence-corrected chi connectivity index (χ3v) is 8.12. The van der Waals surface area contributed by atoms with Gasteiger partial charge in [-0.3, -0.25) is 0 Å². The largest absolute Gasteiger partial charge is 0.449 e. The number of hydrogen-bond acceptors (Lipinski definition) is 4. The van der Waals surface area contributed by atoms with Gasteiger partial charge in [-0.1, -0.05) is 143 Å². The van der Waals surface area contributed by atoms with Crippen LogP contribution >= 0.6 is 0 Å². The fourth-order valence-corrected chi connectivity index (χ4v) is 4.85. The quantitative estimate of drug-likeness (QED) is 0.0943. The van der Waals surface area contributed by atoms with Gasteiger partial charge in [0.05, 0.1) is 0 Å². The lowest BCUT2D eigenvalue weighted by atomic mass is 9.84. The zero-order valence-corrected chi connectivity index (χ0v) is 26.5. The van der Waals surface area contributed by atoms with E-state index in [1.807, 2.05) is 0 Å². The van der Waals surface area contributed by atoms with Gasteiger partial charge in [-0.2, -0.15) is 0 Å². The van der Waals surface area contributed by atoms with Gasteiger partial charge in [-0.05, 0) is 25.7 Å². The lowest BCUT2D eigenvalue weighted by molar-refractivity contribution is 0.0210. The molecule has 6 heteroatoms. The van der Waals surface area contributed by atoms with Crippen LogP contribution < -0.4 is 10.6 Å². The highest BCUT2D eigenvalue weighted by Gasteiger charge is 2.30. The number of hydrogen-bond donors (Lipinski definition) is 2. The number of ether oxygens (including phenoxy) is 2. The predicted molar refractivity (Wildman–Crippen MR) is 165 cm³/mol. The van der Waals surface area contributed by atoms with Gasteiger partial charge >= 0.3 is 12.2 Å². The average Bonchev–Trinajstić information content (AvgIpc) is 2.95. The second-order valence-corrected chi connectivity index (χ2v) is 11.6. The first-order chi connectivity index (χ1) is 19.0. The lowest BCUT2D eigenvalue weighted by Gasteiger charge is -2.30. The molecule has 0 aromatic carbocycles. The first kappa shape index (κ1) is 37.5. The minimum absolute atomic E-state index is 0.260. The minimum atomic E-state index is -0.373. The Balaban J connectivity index is 3.84. The van der Waals surface area contributed by atoms with E-state index in [0.29, 0.717) is 13.1 Å². The molecule has 0 bridgehead atoms. The molecule has 0 radical (unpaired) electrons. The van der Waals surface area contributed by atoms with Crippen molar-refractivity contribution in [3.8, 4) is 0 Å². The van der Waals surface area contributed by atoms with Crippen LogP contribution in [0.15, 0.2) is 0 Å². The Morgan fingerprint density at radius 3 is 1.03 bits per heavy atom. The van der Waals surface area contributed by atoms with E-state index in [1.54, 1.807) is 0 Å². The van der Waals surface area contributed by atoms with Gasteiger partial charge in [-0.15, -0.1) is 0 Å². The van der Waals surface area contributed by atoms with Crippen LogP contribution in [0.1, 0.15) is 169 Å². The van der Waals surface area contributed by atoms with Crippen LogP contribution in [0.2, 0.25) is 0 Å². The molecule has 0 aliphatic heterocycles. The summed E-state index contributed by atoms with van der Waals surface area (Å²) in [5, 5.41) is 5.75.